The molecule has 5 rings (SSSR count). The number of aromatic nitrogens is 2. The SMILES string of the molecule is C=C(NCCc1ccc2c(c1)CCC2)c1cccc(Nc2ncc(-c3ccccc3)cn2)c1. The van der Waals surface area contributed by atoms with Crippen molar-refractivity contribution in [3.8, 4) is 11.1 Å². The summed E-state index contributed by atoms with van der Waals surface area (Å²) in [6.07, 6.45) is 8.42. The normalized spacial score (nSPS) is 12.2. The van der Waals surface area contributed by atoms with Gasteiger partial charge in [-0.3, -0.25) is 0 Å². The van der Waals surface area contributed by atoms with Gasteiger partial charge in [-0.15, -0.1) is 0 Å². The number of benzene rings is 3. The highest BCUT2D eigenvalue weighted by atomic mass is 15.1. The molecule has 0 amide bonds. The molecule has 1 heterocycles. The minimum absolute atomic E-state index is 0.571. The van der Waals surface area contributed by atoms with Gasteiger partial charge in [-0.25, -0.2) is 9.97 Å². The molecule has 1 aliphatic rings. The van der Waals surface area contributed by atoms with Crippen molar-refractivity contribution in [1.82, 2.24) is 15.3 Å². The number of anilines is 2. The van der Waals surface area contributed by atoms with E-state index in [2.05, 4.69) is 69.6 Å². The van der Waals surface area contributed by atoms with E-state index in [0.29, 0.717) is 5.95 Å². The van der Waals surface area contributed by atoms with Crippen molar-refractivity contribution in [3.05, 3.63) is 114 Å². The van der Waals surface area contributed by atoms with Crippen molar-refractivity contribution >= 4 is 17.3 Å². The highest BCUT2D eigenvalue weighted by molar-refractivity contribution is 5.68. The van der Waals surface area contributed by atoms with Crippen LogP contribution in [0.25, 0.3) is 16.8 Å². The Morgan fingerprint density at radius 1 is 0.818 bits per heavy atom. The van der Waals surface area contributed by atoms with E-state index in [9.17, 15) is 0 Å². The van der Waals surface area contributed by atoms with Crippen molar-refractivity contribution in [3.63, 3.8) is 0 Å². The molecule has 1 aromatic heterocycles. The molecule has 4 nitrogen and oxygen atoms in total. The first-order valence-electron chi connectivity index (χ1n) is 11.5. The second-order valence-electron chi connectivity index (χ2n) is 8.48. The van der Waals surface area contributed by atoms with E-state index in [1.165, 1.54) is 36.0 Å². The summed E-state index contributed by atoms with van der Waals surface area (Å²) in [6, 6.07) is 25.2. The van der Waals surface area contributed by atoms with E-state index in [4.69, 9.17) is 0 Å². The number of nitrogens with one attached hydrogen (secondary N) is 2. The summed E-state index contributed by atoms with van der Waals surface area (Å²) in [5, 5.41) is 6.77. The molecule has 0 atom stereocenters. The van der Waals surface area contributed by atoms with Gasteiger partial charge in [0.25, 0.3) is 0 Å². The monoisotopic (exact) mass is 432 g/mol. The minimum Gasteiger partial charge on any atom is -0.385 e. The molecule has 164 valence electrons. The quantitative estimate of drug-likeness (QED) is 0.349. The maximum absolute atomic E-state index is 4.47. The number of hydrogen-bond acceptors (Lipinski definition) is 4. The Kier molecular flexibility index (Phi) is 6.16. The molecule has 0 unspecified atom stereocenters. The summed E-state index contributed by atoms with van der Waals surface area (Å²) >= 11 is 0. The maximum atomic E-state index is 4.47. The lowest BCUT2D eigenvalue weighted by atomic mass is 10.0. The first kappa shape index (κ1) is 21.0. The summed E-state index contributed by atoms with van der Waals surface area (Å²) in [7, 11) is 0. The Morgan fingerprint density at radius 2 is 1.64 bits per heavy atom. The standard InChI is InChI=1S/C29H28N4/c1-21(30-16-15-22-13-14-24-9-5-11-26(24)17-22)25-10-6-12-28(18-25)33-29-31-19-27(20-32-29)23-7-3-2-4-8-23/h2-4,6-8,10,12-14,17-20,30H,1,5,9,11,15-16H2,(H,31,32,33). The Balaban J connectivity index is 1.18. The number of aryl methyl sites for hydroxylation is 2. The van der Waals surface area contributed by atoms with E-state index in [0.717, 1.165) is 41.0 Å². The summed E-state index contributed by atoms with van der Waals surface area (Å²) in [6.45, 7) is 5.10. The van der Waals surface area contributed by atoms with Gasteiger partial charge in [0.05, 0.1) is 0 Å². The lowest BCUT2D eigenvalue weighted by Gasteiger charge is -2.12. The molecule has 0 radical (unpaired) electrons. The van der Waals surface area contributed by atoms with Crippen LogP contribution in [-0.4, -0.2) is 16.5 Å². The molecule has 0 saturated carbocycles. The van der Waals surface area contributed by atoms with Crippen LogP contribution in [0.1, 0.15) is 28.7 Å². The van der Waals surface area contributed by atoms with Crippen LogP contribution in [0, 0.1) is 0 Å². The van der Waals surface area contributed by atoms with Gasteiger partial charge in [0, 0.05) is 35.9 Å². The molecule has 0 fully saturated rings. The van der Waals surface area contributed by atoms with Crippen molar-refractivity contribution in [2.24, 2.45) is 0 Å². The third-order valence-corrected chi connectivity index (χ3v) is 6.14. The van der Waals surface area contributed by atoms with E-state index >= 15 is 0 Å². The zero-order valence-electron chi connectivity index (χ0n) is 18.7. The number of rotatable bonds is 8. The van der Waals surface area contributed by atoms with Gasteiger partial charge < -0.3 is 10.6 Å². The highest BCUT2D eigenvalue weighted by Crippen LogP contribution is 2.23. The molecule has 0 bridgehead atoms. The molecule has 0 spiro atoms. The molecule has 4 heteroatoms. The van der Waals surface area contributed by atoms with Crippen molar-refractivity contribution in [1.29, 1.82) is 0 Å². The van der Waals surface area contributed by atoms with Crippen LogP contribution in [0.2, 0.25) is 0 Å². The van der Waals surface area contributed by atoms with Crippen LogP contribution < -0.4 is 10.6 Å². The molecular formula is C29H28N4. The van der Waals surface area contributed by atoms with Crippen LogP contribution in [0.4, 0.5) is 11.6 Å². The molecular weight excluding hydrogens is 404 g/mol. The fourth-order valence-electron chi connectivity index (χ4n) is 4.33. The highest BCUT2D eigenvalue weighted by Gasteiger charge is 2.10. The van der Waals surface area contributed by atoms with E-state index in [1.807, 2.05) is 42.7 Å². The predicted molar refractivity (Wildman–Crippen MR) is 136 cm³/mol. The fraction of sp³-hybridized carbons (Fsp3) is 0.172. The topological polar surface area (TPSA) is 49.8 Å². The molecule has 33 heavy (non-hydrogen) atoms. The molecule has 3 aromatic carbocycles. The number of nitrogens with zero attached hydrogens (tertiary/aromatic N) is 2. The van der Waals surface area contributed by atoms with Gasteiger partial charge in [0.15, 0.2) is 0 Å². The van der Waals surface area contributed by atoms with Crippen molar-refractivity contribution in [2.45, 2.75) is 25.7 Å². The van der Waals surface area contributed by atoms with Gasteiger partial charge in [-0.05, 0) is 65.6 Å². The first-order chi connectivity index (χ1) is 16.2. The lowest BCUT2D eigenvalue weighted by Crippen LogP contribution is -2.15. The van der Waals surface area contributed by atoms with Gasteiger partial charge in [-0.1, -0.05) is 67.2 Å². The summed E-state index contributed by atoms with van der Waals surface area (Å²) < 4.78 is 0. The average molecular weight is 433 g/mol. The van der Waals surface area contributed by atoms with E-state index in [1.54, 1.807) is 0 Å². The predicted octanol–water partition coefficient (Wildman–Crippen LogP) is 6.18. The van der Waals surface area contributed by atoms with Crippen LogP contribution in [0.15, 0.2) is 91.8 Å². The lowest BCUT2D eigenvalue weighted by molar-refractivity contribution is 0.847. The van der Waals surface area contributed by atoms with Crippen molar-refractivity contribution in [2.75, 3.05) is 11.9 Å². The van der Waals surface area contributed by atoms with Crippen LogP contribution in [0.5, 0.6) is 0 Å². The summed E-state index contributed by atoms with van der Waals surface area (Å²) in [5.41, 5.74) is 9.45. The van der Waals surface area contributed by atoms with E-state index < -0.39 is 0 Å². The third kappa shape index (κ3) is 5.12. The first-order valence-corrected chi connectivity index (χ1v) is 11.5. The maximum Gasteiger partial charge on any atom is 0.227 e. The van der Waals surface area contributed by atoms with Crippen LogP contribution in [0.3, 0.4) is 0 Å². The summed E-state index contributed by atoms with van der Waals surface area (Å²) in [4.78, 5) is 8.94. The van der Waals surface area contributed by atoms with Gasteiger partial charge >= 0.3 is 0 Å². The smallest absolute Gasteiger partial charge is 0.227 e. The summed E-state index contributed by atoms with van der Waals surface area (Å²) in [5.74, 6) is 0.571. The second kappa shape index (κ2) is 9.70. The largest absolute Gasteiger partial charge is 0.385 e. The number of fused-ring (bicyclic) bond motifs is 1. The average Bonchev–Trinajstić information content (AvgIpc) is 3.33. The molecule has 0 aliphatic heterocycles. The Hall–Kier alpha value is -3.92. The second-order valence-corrected chi connectivity index (χ2v) is 8.48. The zero-order valence-corrected chi connectivity index (χ0v) is 18.7. The third-order valence-electron chi connectivity index (χ3n) is 6.14. The fourth-order valence-corrected chi connectivity index (χ4v) is 4.33. The van der Waals surface area contributed by atoms with Gasteiger partial charge in [0.1, 0.15) is 0 Å². The Labute approximate surface area is 195 Å². The van der Waals surface area contributed by atoms with Gasteiger partial charge in [-0.2, -0.15) is 0 Å². The molecule has 0 saturated heterocycles. The molecule has 1 aliphatic carbocycles. The zero-order chi connectivity index (χ0) is 22.5. The minimum atomic E-state index is 0.571. The van der Waals surface area contributed by atoms with E-state index in [-0.39, 0.29) is 0 Å². The van der Waals surface area contributed by atoms with Crippen LogP contribution in [-0.2, 0) is 19.3 Å². The molecule has 4 aromatic rings. The Morgan fingerprint density at radius 3 is 2.48 bits per heavy atom. The Bertz CT molecular complexity index is 1250. The van der Waals surface area contributed by atoms with Gasteiger partial charge in [0.2, 0.25) is 5.95 Å². The number of hydrogen-bond donors (Lipinski definition) is 2. The van der Waals surface area contributed by atoms with Crippen molar-refractivity contribution < 1.29 is 0 Å². The van der Waals surface area contributed by atoms with Crippen LogP contribution >= 0.6 is 0 Å². The molecule has 2 N–H and O–H groups in total.